The largest absolute Gasteiger partial charge is 0.373 e. The molecule has 0 saturated carbocycles. The van der Waals surface area contributed by atoms with Crippen LogP contribution in [0.5, 0.6) is 0 Å². The standard InChI is InChI=1S/C13H12BrClFN3O/c1-2-12(20)17-11-4-3-10(14)13(18-11)19-6-8(15)5-9(16)7-19/h2-7,12,20H,1H3,(H,17,18)/q+1. The third-order valence-corrected chi connectivity index (χ3v) is 3.31. The van der Waals surface area contributed by atoms with E-state index < -0.39 is 12.0 Å². The van der Waals surface area contributed by atoms with Crippen LogP contribution in [0.4, 0.5) is 10.2 Å². The molecule has 0 saturated heterocycles. The van der Waals surface area contributed by atoms with Crippen LogP contribution < -0.4 is 9.88 Å². The fourth-order valence-electron chi connectivity index (χ4n) is 1.56. The second-order valence-corrected chi connectivity index (χ2v) is 5.29. The van der Waals surface area contributed by atoms with Crippen LogP contribution in [0.1, 0.15) is 6.92 Å². The molecule has 0 aromatic carbocycles. The summed E-state index contributed by atoms with van der Waals surface area (Å²) in [6.07, 6.45) is 3.59. The Balaban J connectivity index is 2.42. The van der Waals surface area contributed by atoms with Crippen molar-refractivity contribution in [3.8, 4) is 5.82 Å². The van der Waals surface area contributed by atoms with Gasteiger partial charge < -0.3 is 10.4 Å². The molecule has 0 aliphatic rings. The zero-order valence-electron chi connectivity index (χ0n) is 10.5. The lowest BCUT2D eigenvalue weighted by Crippen LogP contribution is -2.33. The highest BCUT2D eigenvalue weighted by molar-refractivity contribution is 9.10. The highest BCUT2D eigenvalue weighted by atomic mass is 79.9. The average Bonchev–Trinajstić information content (AvgIpc) is 2.39. The van der Waals surface area contributed by atoms with Gasteiger partial charge in [-0.1, -0.05) is 18.5 Å². The molecule has 2 heterocycles. The van der Waals surface area contributed by atoms with Gasteiger partial charge in [-0.3, -0.25) is 0 Å². The number of nitrogens with zero attached hydrogens (tertiary/aromatic N) is 2. The molecule has 0 amide bonds. The molecule has 20 heavy (non-hydrogen) atoms. The van der Waals surface area contributed by atoms with E-state index in [1.165, 1.54) is 16.8 Å². The Morgan fingerprint density at radius 3 is 2.90 bits per heavy atom. The molecule has 1 radical (unpaired) electrons. The van der Waals surface area contributed by atoms with Gasteiger partial charge >= 0.3 is 5.82 Å². The quantitative estimate of drug-likeness (QED) is 0.651. The first kappa shape index (κ1) is 15.2. The predicted octanol–water partition coefficient (Wildman–Crippen LogP) is 2.87. The van der Waals surface area contributed by atoms with Gasteiger partial charge in [0.2, 0.25) is 5.82 Å². The van der Waals surface area contributed by atoms with Gasteiger partial charge in [0.25, 0.3) is 0 Å². The van der Waals surface area contributed by atoms with E-state index in [-0.39, 0.29) is 5.02 Å². The van der Waals surface area contributed by atoms with E-state index in [0.717, 1.165) is 0 Å². The molecule has 2 aromatic rings. The first-order chi connectivity index (χ1) is 9.49. The highest BCUT2D eigenvalue weighted by Crippen LogP contribution is 2.19. The lowest BCUT2D eigenvalue weighted by Gasteiger charge is -2.08. The summed E-state index contributed by atoms with van der Waals surface area (Å²) in [5, 5.41) is 12.6. The monoisotopic (exact) mass is 359 g/mol. The fraction of sp³-hybridized carbons (Fsp3) is 0.154. The van der Waals surface area contributed by atoms with Crippen molar-refractivity contribution in [1.29, 1.82) is 0 Å². The Morgan fingerprint density at radius 1 is 1.50 bits per heavy atom. The van der Waals surface area contributed by atoms with Gasteiger partial charge in [0.15, 0.2) is 5.82 Å². The molecule has 0 aliphatic heterocycles. The van der Waals surface area contributed by atoms with Crippen molar-refractivity contribution in [1.82, 2.24) is 4.98 Å². The van der Waals surface area contributed by atoms with Gasteiger partial charge in [-0.2, -0.15) is 4.57 Å². The van der Waals surface area contributed by atoms with E-state index in [4.69, 9.17) is 11.6 Å². The van der Waals surface area contributed by atoms with Crippen molar-refractivity contribution in [3.63, 3.8) is 0 Å². The molecule has 0 spiro atoms. The third-order valence-electron chi connectivity index (χ3n) is 2.48. The summed E-state index contributed by atoms with van der Waals surface area (Å²) < 4.78 is 15.5. The van der Waals surface area contributed by atoms with E-state index >= 15 is 0 Å². The first-order valence-corrected chi connectivity index (χ1v) is 6.95. The SMILES string of the molecule is C[CH]C(O)Nc1ccc(Br)c(-[n+]2cc(F)cc(Cl)c2)n1. The molecule has 2 aromatic heterocycles. The normalized spacial score (nSPS) is 12.2. The van der Waals surface area contributed by atoms with Crippen molar-refractivity contribution in [2.24, 2.45) is 0 Å². The summed E-state index contributed by atoms with van der Waals surface area (Å²) >= 11 is 9.19. The smallest absolute Gasteiger partial charge is 0.344 e. The Kier molecular flexibility index (Phi) is 4.91. The van der Waals surface area contributed by atoms with Gasteiger partial charge in [0.1, 0.15) is 23.1 Å². The maximum atomic E-state index is 13.4. The van der Waals surface area contributed by atoms with Crippen LogP contribution in [-0.2, 0) is 0 Å². The zero-order valence-corrected chi connectivity index (χ0v) is 12.9. The lowest BCUT2D eigenvalue weighted by atomic mass is 10.3. The van der Waals surface area contributed by atoms with E-state index in [9.17, 15) is 9.50 Å². The summed E-state index contributed by atoms with van der Waals surface area (Å²) in [7, 11) is 0. The second-order valence-electron chi connectivity index (χ2n) is 4.00. The van der Waals surface area contributed by atoms with Crippen molar-refractivity contribution < 1.29 is 14.1 Å². The maximum absolute atomic E-state index is 13.4. The zero-order chi connectivity index (χ0) is 14.7. The van der Waals surface area contributed by atoms with Crippen LogP contribution in [0.2, 0.25) is 5.02 Å². The Labute approximate surface area is 129 Å². The number of nitrogens with one attached hydrogen (secondary N) is 1. The van der Waals surface area contributed by atoms with Crippen LogP contribution in [0, 0.1) is 12.2 Å². The van der Waals surface area contributed by atoms with Crippen molar-refractivity contribution in [2.45, 2.75) is 13.2 Å². The average molecular weight is 361 g/mol. The summed E-state index contributed by atoms with van der Waals surface area (Å²) in [6, 6.07) is 4.66. The molecule has 2 N–H and O–H groups in total. The van der Waals surface area contributed by atoms with Crippen LogP contribution in [0.25, 0.3) is 5.82 Å². The molecular weight excluding hydrogens is 349 g/mol. The van der Waals surface area contributed by atoms with Gasteiger partial charge in [-0.05, 0) is 33.0 Å². The van der Waals surface area contributed by atoms with Crippen LogP contribution >= 0.6 is 27.5 Å². The van der Waals surface area contributed by atoms with Crippen molar-refractivity contribution >= 4 is 33.3 Å². The van der Waals surface area contributed by atoms with Crippen LogP contribution in [0.3, 0.4) is 0 Å². The minimum atomic E-state index is -0.808. The van der Waals surface area contributed by atoms with Crippen molar-refractivity contribution in [3.05, 3.63) is 52.3 Å². The molecule has 105 valence electrons. The number of halogens is 3. The fourth-order valence-corrected chi connectivity index (χ4v) is 2.19. The highest BCUT2D eigenvalue weighted by Gasteiger charge is 2.18. The first-order valence-electron chi connectivity index (χ1n) is 5.78. The number of anilines is 1. The molecule has 0 bridgehead atoms. The number of hydrogen-bond acceptors (Lipinski definition) is 3. The molecule has 0 aliphatic carbocycles. The Bertz CT molecular complexity index is 606. The van der Waals surface area contributed by atoms with Gasteiger partial charge in [0.05, 0.1) is 5.02 Å². The second kappa shape index (κ2) is 6.47. The molecule has 2 rings (SSSR count). The number of aromatic nitrogens is 2. The van der Waals surface area contributed by atoms with Crippen LogP contribution in [0.15, 0.2) is 35.1 Å². The molecule has 4 nitrogen and oxygen atoms in total. The number of aliphatic hydroxyl groups is 1. The molecule has 7 heteroatoms. The molecule has 1 atom stereocenters. The molecule has 0 fully saturated rings. The lowest BCUT2D eigenvalue weighted by molar-refractivity contribution is -0.601. The van der Waals surface area contributed by atoms with Gasteiger partial charge in [0, 0.05) is 12.5 Å². The Hall–Kier alpha value is -1.24. The van der Waals surface area contributed by atoms with E-state index in [0.29, 0.717) is 16.1 Å². The summed E-state index contributed by atoms with van der Waals surface area (Å²) in [6.45, 7) is 1.72. The third kappa shape index (κ3) is 3.65. The van der Waals surface area contributed by atoms with E-state index in [2.05, 4.69) is 26.2 Å². The number of hydrogen-bond donors (Lipinski definition) is 2. The number of rotatable bonds is 4. The summed E-state index contributed by atoms with van der Waals surface area (Å²) in [5.74, 6) is 0.452. The summed E-state index contributed by atoms with van der Waals surface area (Å²) in [5.41, 5.74) is 0. The summed E-state index contributed by atoms with van der Waals surface area (Å²) in [4.78, 5) is 4.31. The predicted molar refractivity (Wildman–Crippen MR) is 78.0 cm³/mol. The number of aliphatic hydroxyl groups excluding tert-OH is 1. The minimum absolute atomic E-state index is 0.263. The number of pyridine rings is 2. The minimum Gasteiger partial charge on any atom is -0.373 e. The Morgan fingerprint density at radius 2 is 2.25 bits per heavy atom. The maximum Gasteiger partial charge on any atom is 0.344 e. The molecule has 1 unspecified atom stereocenters. The topological polar surface area (TPSA) is 49.0 Å². The molecular formula is C13H12BrClFN3O+. The van der Waals surface area contributed by atoms with Gasteiger partial charge in [-0.15, -0.1) is 0 Å². The van der Waals surface area contributed by atoms with Gasteiger partial charge in [-0.25, -0.2) is 4.39 Å². The van der Waals surface area contributed by atoms with Crippen LogP contribution in [-0.4, -0.2) is 16.3 Å². The van der Waals surface area contributed by atoms with E-state index in [1.54, 1.807) is 31.7 Å². The van der Waals surface area contributed by atoms with E-state index in [1.807, 2.05) is 0 Å². The van der Waals surface area contributed by atoms with Crippen molar-refractivity contribution in [2.75, 3.05) is 5.32 Å².